The van der Waals surface area contributed by atoms with E-state index in [0.717, 1.165) is 25.7 Å². The number of rotatable bonds is 3. The predicted molar refractivity (Wildman–Crippen MR) is 81.6 cm³/mol. The van der Waals surface area contributed by atoms with E-state index in [-0.39, 0.29) is 18.6 Å². The summed E-state index contributed by atoms with van der Waals surface area (Å²) < 4.78 is 5.18. The number of carbonyl (C=O) groups is 1. The molecule has 1 unspecified atom stereocenters. The Labute approximate surface area is 130 Å². The van der Waals surface area contributed by atoms with E-state index in [1.54, 1.807) is 0 Å². The standard InChI is InChI=1S/C17H23NO4/c18-16(21)22-17(10-19)6-5-14(9-17)12-1-2-13-8-15(20)4-3-11(13)7-12/h1-2,7,14-15,19-20H,3-6,8-10H2,(H2,18,21)/t14-,15?,17+/m0/s1. The molecule has 5 heteroatoms. The lowest BCUT2D eigenvalue weighted by molar-refractivity contribution is -0.0220. The molecule has 1 fully saturated rings. The molecule has 0 saturated heterocycles. The van der Waals surface area contributed by atoms with Crippen LogP contribution in [-0.2, 0) is 17.6 Å². The van der Waals surface area contributed by atoms with Crippen LogP contribution in [0.5, 0.6) is 0 Å². The molecule has 22 heavy (non-hydrogen) atoms. The van der Waals surface area contributed by atoms with Crippen LogP contribution in [0.2, 0.25) is 0 Å². The highest BCUT2D eigenvalue weighted by Gasteiger charge is 2.42. The zero-order valence-electron chi connectivity index (χ0n) is 12.6. The molecule has 0 aliphatic heterocycles. The molecule has 1 aromatic rings. The van der Waals surface area contributed by atoms with Gasteiger partial charge in [0.2, 0.25) is 0 Å². The van der Waals surface area contributed by atoms with Gasteiger partial charge in [-0.1, -0.05) is 18.2 Å². The average molecular weight is 305 g/mol. The first kappa shape index (κ1) is 15.3. The SMILES string of the molecule is NC(=O)O[C@]1(CO)CC[C@H](c2ccc3c(c2)CCC(O)C3)C1. The fourth-order valence-electron chi connectivity index (χ4n) is 3.87. The molecular formula is C17H23NO4. The molecule has 0 bridgehead atoms. The number of aliphatic hydroxyl groups is 2. The summed E-state index contributed by atoms with van der Waals surface area (Å²) in [5.74, 6) is 0.267. The Morgan fingerprint density at radius 1 is 1.36 bits per heavy atom. The van der Waals surface area contributed by atoms with Crippen LogP contribution in [0.15, 0.2) is 18.2 Å². The number of benzene rings is 1. The van der Waals surface area contributed by atoms with E-state index in [9.17, 15) is 15.0 Å². The van der Waals surface area contributed by atoms with Crippen molar-refractivity contribution in [2.45, 2.75) is 56.1 Å². The van der Waals surface area contributed by atoms with E-state index in [1.807, 2.05) is 0 Å². The first-order chi connectivity index (χ1) is 10.5. The second kappa shape index (κ2) is 5.89. The maximum Gasteiger partial charge on any atom is 0.405 e. The quantitative estimate of drug-likeness (QED) is 0.791. The van der Waals surface area contributed by atoms with Crippen LogP contribution < -0.4 is 5.73 Å². The zero-order chi connectivity index (χ0) is 15.7. The normalized spacial score (nSPS) is 30.8. The number of fused-ring (bicyclic) bond motifs is 1. The van der Waals surface area contributed by atoms with Crippen molar-refractivity contribution in [3.63, 3.8) is 0 Å². The van der Waals surface area contributed by atoms with Gasteiger partial charge in [0.05, 0.1) is 12.7 Å². The Balaban J connectivity index is 1.77. The Morgan fingerprint density at radius 2 is 2.18 bits per heavy atom. The van der Waals surface area contributed by atoms with Crippen molar-refractivity contribution >= 4 is 6.09 Å². The van der Waals surface area contributed by atoms with Crippen molar-refractivity contribution in [3.05, 3.63) is 34.9 Å². The number of primary amides is 1. The van der Waals surface area contributed by atoms with E-state index in [0.29, 0.717) is 12.8 Å². The summed E-state index contributed by atoms with van der Waals surface area (Å²) in [5.41, 5.74) is 8.05. The van der Waals surface area contributed by atoms with Crippen LogP contribution in [0.1, 0.15) is 48.3 Å². The number of hydrogen-bond acceptors (Lipinski definition) is 4. The minimum Gasteiger partial charge on any atom is -0.441 e. The summed E-state index contributed by atoms with van der Waals surface area (Å²) in [6.45, 7) is -0.191. The molecule has 0 heterocycles. The van der Waals surface area contributed by atoms with Crippen molar-refractivity contribution in [2.75, 3.05) is 6.61 Å². The molecule has 0 radical (unpaired) electrons. The highest BCUT2D eigenvalue weighted by molar-refractivity contribution is 5.65. The minimum atomic E-state index is -0.831. The maximum absolute atomic E-state index is 11.1. The number of aliphatic hydroxyl groups excluding tert-OH is 2. The van der Waals surface area contributed by atoms with Gasteiger partial charge in [-0.05, 0) is 61.1 Å². The predicted octanol–water partition coefficient (Wildman–Crippen LogP) is 1.63. The smallest absolute Gasteiger partial charge is 0.405 e. The van der Waals surface area contributed by atoms with Gasteiger partial charge >= 0.3 is 6.09 Å². The van der Waals surface area contributed by atoms with Crippen molar-refractivity contribution in [3.8, 4) is 0 Å². The lowest BCUT2D eigenvalue weighted by atomic mass is 9.85. The molecule has 120 valence electrons. The number of ether oxygens (including phenoxy) is 1. The van der Waals surface area contributed by atoms with Gasteiger partial charge in [-0.2, -0.15) is 0 Å². The van der Waals surface area contributed by atoms with E-state index in [1.165, 1.54) is 16.7 Å². The van der Waals surface area contributed by atoms with E-state index in [2.05, 4.69) is 18.2 Å². The molecule has 2 aliphatic carbocycles. The van der Waals surface area contributed by atoms with Crippen molar-refractivity contribution in [2.24, 2.45) is 5.73 Å². The van der Waals surface area contributed by atoms with Gasteiger partial charge in [-0.25, -0.2) is 4.79 Å². The maximum atomic E-state index is 11.1. The van der Waals surface area contributed by atoms with Gasteiger partial charge in [0.15, 0.2) is 0 Å². The van der Waals surface area contributed by atoms with Gasteiger partial charge < -0.3 is 20.7 Å². The summed E-state index contributed by atoms with van der Waals surface area (Å²) in [7, 11) is 0. The molecule has 1 saturated carbocycles. The third-order valence-electron chi connectivity index (χ3n) is 5.08. The topological polar surface area (TPSA) is 92.8 Å². The van der Waals surface area contributed by atoms with Crippen molar-refractivity contribution in [1.82, 2.24) is 0 Å². The van der Waals surface area contributed by atoms with Gasteiger partial charge in [-0.3, -0.25) is 0 Å². The van der Waals surface area contributed by atoms with Gasteiger partial charge in [0.25, 0.3) is 0 Å². The minimum absolute atomic E-state index is 0.191. The van der Waals surface area contributed by atoms with Gasteiger partial charge in [0, 0.05) is 0 Å². The Morgan fingerprint density at radius 3 is 2.91 bits per heavy atom. The third-order valence-corrected chi connectivity index (χ3v) is 5.08. The highest BCUT2D eigenvalue weighted by atomic mass is 16.6. The molecule has 1 amide bonds. The van der Waals surface area contributed by atoms with Crippen LogP contribution in [0.3, 0.4) is 0 Å². The summed E-state index contributed by atoms with van der Waals surface area (Å²) in [5, 5.41) is 19.3. The zero-order valence-corrected chi connectivity index (χ0v) is 12.6. The molecule has 2 aliphatic rings. The number of carbonyl (C=O) groups excluding carboxylic acids is 1. The number of nitrogens with two attached hydrogens (primary N) is 1. The Kier molecular flexibility index (Phi) is 4.10. The molecular weight excluding hydrogens is 282 g/mol. The van der Waals surface area contributed by atoms with Gasteiger partial charge in [0.1, 0.15) is 5.60 Å². The molecule has 1 aromatic carbocycles. The fourth-order valence-corrected chi connectivity index (χ4v) is 3.87. The van der Waals surface area contributed by atoms with E-state index >= 15 is 0 Å². The molecule has 0 aromatic heterocycles. The molecule has 3 rings (SSSR count). The summed E-state index contributed by atoms with van der Waals surface area (Å²) in [6, 6.07) is 6.41. The molecule has 3 atom stereocenters. The lowest BCUT2D eigenvalue weighted by Crippen LogP contribution is -2.38. The van der Waals surface area contributed by atoms with E-state index < -0.39 is 11.7 Å². The second-order valence-electron chi connectivity index (χ2n) is 6.63. The van der Waals surface area contributed by atoms with Crippen LogP contribution in [0, 0.1) is 0 Å². The highest BCUT2D eigenvalue weighted by Crippen LogP contribution is 2.43. The molecule has 5 nitrogen and oxygen atoms in total. The van der Waals surface area contributed by atoms with E-state index in [4.69, 9.17) is 10.5 Å². The lowest BCUT2D eigenvalue weighted by Gasteiger charge is -2.26. The third kappa shape index (κ3) is 2.96. The first-order valence-electron chi connectivity index (χ1n) is 7.90. The number of hydrogen-bond donors (Lipinski definition) is 3. The van der Waals surface area contributed by atoms with Crippen LogP contribution in [-0.4, -0.2) is 34.6 Å². The summed E-state index contributed by atoms with van der Waals surface area (Å²) in [6.07, 6.45) is 3.50. The first-order valence-corrected chi connectivity index (χ1v) is 7.90. The summed E-state index contributed by atoms with van der Waals surface area (Å²) in [4.78, 5) is 11.1. The average Bonchev–Trinajstić information content (AvgIpc) is 2.90. The monoisotopic (exact) mass is 305 g/mol. The van der Waals surface area contributed by atoms with Crippen molar-refractivity contribution in [1.29, 1.82) is 0 Å². The molecule has 4 N–H and O–H groups in total. The van der Waals surface area contributed by atoms with Crippen LogP contribution in [0.4, 0.5) is 4.79 Å². The van der Waals surface area contributed by atoms with Crippen LogP contribution in [0.25, 0.3) is 0 Å². The number of amides is 1. The largest absolute Gasteiger partial charge is 0.441 e. The Bertz CT molecular complexity index is 574. The summed E-state index contributed by atoms with van der Waals surface area (Å²) >= 11 is 0. The Hall–Kier alpha value is -1.59. The number of aryl methyl sites for hydroxylation is 1. The second-order valence-corrected chi connectivity index (χ2v) is 6.63. The van der Waals surface area contributed by atoms with Crippen LogP contribution >= 0.6 is 0 Å². The fraction of sp³-hybridized carbons (Fsp3) is 0.588. The molecule has 0 spiro atoms. The van der Waals surface area contributed by atoms with Gasteiger partial charge in [-0.15, -0.1) is 0 Å². The van der Waals surface area contributed by atoms with Crippen molar-refractivity contribution < 1.29 is 19.7 Å².